The minimum atomic E-state index is 0.661. The Labute approximate surface area is 111 Å². The minimum Gasteiger partial charge on any atom is -0.306 e. The van der Waals surface area contributed by atoms with Gasteiger partial charge in [0, 0.05) is 31.4 Å². The Morgan fingerprint density at radius 1 is 1.28 bits per heavy atom. The van der Waals surface area contributed by atoms with Crippen LogP contribution in [-0.2, 0) is 0 Å². The molecule has 3 atom stereocenters. The highest BCUT2D eigenvalue weighted by molar-refractivity contribution is 5.64. The van der Waals surface area contributed by atoms with Gasteiger partial charge in [-0.15, -0.1) is 0 Å². The largest absolute Gasteiger partial charge is 0.306 e. The quantitative estimate of drug-likeness (QED) is 0.549. The highest BCUT2D eigenvalue weighted by Crippen LogP contribution is 2.41. The molecule has 0 aromatic heterocycles. The standard InChI is InChI=1S/C16H26N2/c1-4-7-17-12-16-13(2)10-15(16)11-14-5-8-18(3)9-6-14/h4,7,11-13,15-16H,5-6,8-10H2,1-3H3/b7-4-,17-12-. The molecule has 0 amide bonds. The third-order valence-corrected chi connectivity index (χ3v) is 4.37. The summed E-state index contributed by atoms with van der Waals surface area (Å²) in [6.45, 7) is 6.81. The molecule has 2 nitrogen and oxygen atoms in total. The maximum absolute atomic E-state index is 4.37. The van der Waals surface area contributed by atoms with Gasteiger partial charge in [0.05, 0.1) is 0 Å². The van der Waals surface area contributed by atoms with Gasteiger partial charge < -0.3 is 4.90 Å². The van der Waals surface area contributed by atoms with Crippen molar-refractivity contribution in [2.45, 2.75) is 33.1 Å². The first-order valence-electron chi connectivity index (χ1n) is 7.23. The highest BCUT2D eigenvalue weighted by atomic mass is 15.1. The van der Waals surface area contributed by atoms with Crippen LogP contribution in [0.5, 0.6) is 0 Å². The van der Waals surface area contributed by atoms with Crippen molar-refractivity contribution in [1.29, 1.82) is 0 Å². The molecule has 0 aromatic carbocycles. The molecule has 1 aliphatic carbocycles. The van der Waals surface area contributed by atoms with Crippen LogP contribution in [0.15, 0.2) is 28.9 Å². The van der Waals surface area contributed by atoms with Crippen LogP contribution in [0, 0.1) is 17.8 Å². The number of hydrogen-bond donors (Lipinski definition) is 0. The molecule has 1 aliphatic heterocycles. The Hall–Kier alpha value is -0.890. The SMILES string of the molecule is C/C=C\N=C/C1C(C)CC1C=C1CCN(C)CC1. The highest BCUT2D eigenvalue weighted by Gasteiger charge is 2.35. The van der Waals surface area contributed by atoms with Gasteiger partial charge in [-0.2, -0.15) is 0 Å². The lowest BCUT2D eigenvalue weighted by atomic mass is 9.65. The van der Waals surface area contributed by atoms with E-state index in [1.54, 1.807) is 5.57 Å². The summed E-state index contributed by atoms with van der Waals surface area (Å²) in [4.78, 5) is 6.80. The van der Waals surface area contributed by atoms with Crippen molar-refractivity contribution < 1.29 is 0 Å². The van der Waals surface area contributed by atoms with Crippen LogP contribution < -0.4 is 0 Å². The van der Waals surface area contributed by atoms with Crippen molar-refractivity contribution in [2.24, 2.45) is 22.7 Å². The molecular formula is C16H26N2. The summed E-state index contributed by atoms with van der Waals surface area (Å²) in [5, 5.41) is 0. The van der Waals surface area contributed by atoms with Crippen LogP contribution in [0.3, 0.4) is 0 Å². The smallest absolute Gasteiger partial charge is 0.0221 e. The molecule has 0 aromatic rings. The predicted molar refractivity (Wildman–Crippen MR) is 78.9 cm³/mol. The number of piperidine rings is 1. The van der Waals surface area contributed by atoms with Crippen LogP contribution in [0.25, 0.3) is 0 Å². The first-order valence-corrected chi connectivity index (χ1v) is 7.23. The molecule has 2 fully saturated rings. The number of likely N-dealkylation sites (tertiary alicyclic amines) is 1. The fraction of sp³-hybridized carbons (Fsp3) is 0.688. The normalized spacial score (nSPS) is 34.2. The molecule has 0 bridgehead atoms. The first kappa shape index (κ1) is 13.5. The second kappa shape index (κ2) is 6.33. The van der Waals surface area contributed by atoms with Crippen molar-refractivity contribution in [3.05, 3.63) is 23.9 Å². The Balaban J connectivity index is 1.91. The monoisotopic (exact) mass is 246 g/mol. The average Bonchev–Trinajstić information content (AvgIpc) is 2.36. The molecule has 0 radical (unpaired) electrons. The number of hydrogen-bond acceptors (Lipinski definition) is 2. The van der Waals surface area contributed by atoms with E-state index in [2.05, 4.69) is 36.2 Å². The molecule has 18 heavy (non-hydrogen) atoms. The molecule has 1 saturated carbocycles. The Kier molecular flexibility index (Phi) is 4.76. The molecule has 2 heteroatoms. The van der Waals surface area contributed by atoms with Gasteiger partial charge >= 0.3 is 0 Å². The molecule has 2 rings (SSSR count). The van der Waals surface area contributed by atoms with Crippen LogP contribution in [0.4, 0.5) is 0 Å². The molecule has 1 saturated heterocycles. The van der Waals surface area contributed by atoms with E-state index in [1.165, 1.54) is 32.4 Å². The van der Waals surface area contributed by atoms with Crippen LogP contribution in [0.2, 0.25) is 0 Å². The Morgan fingerprint density at radius 2 is 2.00 bits per heavy atom. The van der Waals surface area contributed by atoms with Gasteiger partial charge in [-0.25, -0.2) is 0 Å². The van der Waals surface area contributed by atoms with E-state index in [9.17, 15) is 0 Å². The van der Waals surface area contributed by atoms with E-state index in [0.717, 1.165) is 11.8 Å². The molecule has 0 N–H and O–H groups in total. The van der Waals surface area contributed by atoms with Crippen LogP contribution in [-0.4, -0.2) is 31.3 Å². The van der Waals surface area contributed by atoms with E-state index in [0.29, 0.717) is 5.92 Å². The lowest BCUT2D eigenvalue weighted by molar-refractivity contribution is 0.195. The fourth-order valence-corrected chi connectivity index (χ4v) is 3.02. The molecular weight excluding hydrogens is 220 g/mol. The van der Waals surface area contributed by atoms with Crippen molar-refractivity contribution in [2.75, 3.05) is 20.1 Å². The maximum atomic E-state index is 4.37. The Bertz CT molecular complexity index is 344. The second-order valence-corrected chi connectivity index (χ2v) is 5.86. The summed E-state index contributed by atoms with van der Waals surface area (Å²) in [5.41, 5.74) is 1.68. The number of allylic oxidation sites excluding steroid dienone is 2. The lowest BCUT2D eigenvalue weighted by Gasteiger charge is -2.40. The molecule has 0 spiro atoms. The number of rotatable bonds is 3. The predicted octanol–water partition coefficient (Wildman–Crippen LogP) is 3.52. The van der Waals surface area contributed by atoms with Crippen molar-refractivity contribution >= 4 is 6.21 Å². The summed E-state index contributed by atoms with van der Waals surface area (Å²) < 4.78 is 0. The van der Waals surface area contributed by atoms with E-state index in [1.807, 2.05) is 19.2 Å². The van der Waals surface area contributed by atoms with Crippen LogP contribution >= 0.6 is 0 Å². The zero-order valence-corrected chi connectivity index (χ0v) is 12.0. The van der Waals surface area contributed by atoms with Gasteiger partial charge in [-0.1, -0.05) is 24.6 Å². The zero-order valence-electron chi connectivity index (χ0n) is 12.0. The van der Waals surface area contributed by atoms with Gasteiger partial charge in [0.2, 0.25) is 0 Å². The van der Waals surface area contributed by atoms with Gasteiger partial charge in [0.25, 0.3) is 0 Å². The van der Waals surface area contributed by atoms with Gasteiger partial charge in [-0.05, 0) is 45.1 Å². The van der Waals surface area contributed by atoms with E-state index in [4.69, 9.17) is 0 Å². The number of aliphatic imine (C=N–C) groups is 1. The zero-order chi connectivity index (χ0) is 13.0. The summed E-state index contributed by atoms with van der Waals surface area (Å²) in [6.07, 6.45) is 12.5. The van der Waals surface area contributed by atoms with Gasteiger partial charge in [-0.3, -0.25) is 4.99 Å². The summed E-state index contributed by atoms with van der Waals surface area (Å²) in [6, 6.07) is 0. The van der Waals surface area contributed by atoms with Crippen molar-refractivity contribution in [3.8, 4) is 0 Å². The van der Waals surface area contributed by atoms with E-state index in [-0.39, 0.29) is 0 Å². The van der Waals surface area contributed by atoms with Crippen LogP contribution in [0.1, 0.15) is 33.1 Å². The van der Waals surface area contributed by atoms with E-state index >= 15 is 0 Å². The van der Waals surface area contributed by atoms with Gasteiger partial charge in [0.15, 0.2) is 0 Å². The van der Waals surface area contributed by atoms with E-state index < -0.39 is 0 Å². The molecule has 2 aliphatic rings. The maximum Gasteiger partial charge on any atom is 0.0221 e. The molecule has 100 valence electrons. The topological polar surface area (TPSA) is 15.6 Å². The second-order valence-electron chi connectivity index (χ2n) is 5.86. The lowest BCUT2D eigenvalue weighted by Crippen LogP contribution is -2.35. The summed E-state index contributed by atoms with van der Waals surface area (Å²) in [5.74, 6) is 2.20. The molecule has 3 unspecified atom stereocenters. The summed E-state index contributed by atoms with van der Waals surface area (Å²) >= 11 is 0. The third-order valence-electron chi connectivity index (χ3n) is 4.37. The number of nitrogens with zero attached hydrogens (tertiary/aromatic N) is 2. The Morgan fingerprint density at radius 3 is 2.61 bits per heavy atom. The van der Waals surface area contributed by atoms with Crippen molar-refractivity contribution in [3.63, 3.8) is 0 Å². The summed E-state index contributed by atoms with van der Waals surface area (Å²) in [7, 11) is 2.22. The molecule has 1 heterocycles. The fourth-order valence-electron chi connectivity index (χ4n) is 3.02. The third kappa shape index (κ3) is 3.32. The average molecular weight is 246 g/mol. The minimum absolute atomic E-state index is 0.661. The first-order chi connectivity index (χ1) is 8.70. The van der Waals surface area contributed by atoms with Crippen molar-refractivity contribution in [1.82, 2.24) is 4.90 Å². The van der Waals surface area contributed by atoms with Gasteiger partial charge in [0.1, 0.15) is 0 Å².